The zero-order chi connectivity index (χ0) is 17.5. The molecule has 1 N–H and O–H groups in total. The third-order valence-corrected chi connectivity index (χ3v) is 4.04. The fourth-order valence-corrected chi connectivity index (χ4v) is 2.79. The topological polar surface area (TPSA) is 76.1 Å². The highest BCUT2D eigenvalue weighted by Crippen LogP contribution is 2.30. The van der Waals surface area contributed by atoms with Crippen molar-refractivity contribution in [3.63, 3.8) is 0 Å². The van der Waals surface area contributed by atoms with Gasteiger partial charge in [-0.3, -0.25) is 4.79 Å². The number of hydrogen-bond donors (Lipinski definition) is 1. The molecule has 132 valence electrons. The minimum absolute atomic E-state index is 0.277. The van der Waals surface area contributed by atoms with E-state index in [1.54, 1.807) is 18.2 Å². The highest BCUT2D eigenvalue weighted by molar-refractivity contribution is 5.97. The second-order valence-corrected chi connectivity index (χ2v) is 5.79. The average molecular weight is 335 g/mol. The van der Waals surface area contributed by atoms with Crippen molar-refractivity contribution in [2.75, 3.05) is 19.8 Å². The first-order valence-electron chi connectivity index (χ1n) is 8.51. The molecule has 1 heterocycles. The predicted octanol–water partition coefficient (Wildman–Crippen LogP) is 2.95. The first-order chi connectivity index (χ1) is 11.6. The van der Waals surface area contributed by atoms with Crippen molar-refractivity contribution in [3.8, 4) is 11.5 Å². The van der Waals surface area contributed by atoms with Gasteiger partial charge in [-0.05, 0) is 44.4 Å². The molecule has 1 aliphatic heterocycles. The molecule has 1 aromatic rings. The minimum atomic E-state index is -0.953. The molecule has 24 heavy (non-hydrogen) atoms. The predicted molar refractivity (Wildman–Crippen MR) is 89.7 cm³/mol. The number of benzene rings is 1. The van der Waals surface area contributed by atoms with Crippen LogP contribution in [0.2, 0.25) is 0 Å². The number of unbranched alkanes of at least 4 members (excludes halogenated alkanes) is 1. The van der Waals surface area contributed by atoms with Crippen LogP contribution in [0.1, 0.15) is 49.9 Å². The molecular weight excluding hydrogens is 310 g/mol. The van der Waals surface area contributed by atoms with Gasteiger partial charge in [0.15, 0.2) is 11.5 Å². The van der Waals surface area contributed by atoms with Crippen LogP contribution in [0, 0.1) is 0 Å². The molecule has 0 radical (unpaired) electrons. The zero-order valence-electron chi connectivity index (χ0n) is 14.3. The lowest BCUT2D eigenvalue weighted by Crippen LogP contribution is -2.40. The zero-order valence-corrected chi connectivity index (χ0v) is 14.3. The maximum absolute atomic E-state index is 12.7. The number of carbonyl (C=O) groups excluding carboxylic acids is 1. The first kappa shape index (κ1) is 18.1. The monoisotopic (exact) mass is 335 g/mol. The van der Waals surface area contributed by atoms with E-state index in [1.807, 2.05) is 6.92 Å². The lowest BCUT2D eigenvalue weighted by molar-refractivity contribution is -0.141. The third kappa shape index (κ3) is 4.19. The average Bonchev–Trinajstić information content (AvgIpc) is 3.06. The lowest BCUT2D eigenvalue weighted by Gasteiger charge is -2.22. The van der Waals surface area contributed by atoms with Gasteiger partial charge >= 0.3 is 5.97 Å². The summed E-state index contributed by atoms with van der Waals surface area (Å²) >= 11 is 0. The largest absolute Gasteiger partial charge is 0.490 e. The molecule has 1 aromatic carbocycles. The number of carboxylic acid groups (broad SMARTS) is 1. The Labute approximate surface area is 142 Å². The van der Waals surface area contributed by atoms with Crippen LogP contribution in [0.5, 0.6) is 11.5 Å². The summed E-state index contributed by atoms with van der Waals surface area (Å²) in [5.74, 6) is -0.102. The highest BCUT2D eigenvalue weighted by Gasteiger charge is 2.34. The van der Waals surface area contributed by atoms with Crippen molar-refractivity contribution in [3.05, 3.63) is 23.8 Å². The molecule has 6 heteroatoms. The first-order valence-corrected chi connectivity index (χ1v) is 8.51. The van der Waals surface area contributed by atoms with E-state index in [4.69, 9.17) is 9.47 Å². The number of hydrogen-bond acceptors (Lipinski definition) is 4. The van der Waals surface area contributed by atoms with Gasteiger partial charge in [0, 0.05) is 12.1 Å². The van der Waals surface area contributed by atoms with Crippen LogP contribution >= 0.6 is 0 Å². The van der Waals surface area contributed by atoms with Gasteiger partial charge in [-0.1, -0.05) is 13.3 Å². The molecule has 1 saturated heterocycles. The standard InChI is InChI=1S/C18H25NO5/c1-3-5-11-24-15-9-8-13(12-16(15)23-4-2)17(20)19-10-6-7-14(19)18(21)22/h8-9,12,14H,3-7,10-11H2,1-2H3,(H,21,22)/t14-/m0/s1. The molecule has 0 aromatic heterocycles. The Bertz CT molecular complexity index is 587. The summed E-state index contributed by atoms with van der Waals surface area (Å²) in [7, 11) is 0. The Morgan fingerprint density at radius 1 is 1.25 bits per heavy atom. The quantitative estimate of drug-likeness (QED) is 0.739. The van der Waals surface area contributed by atoms with Gasteiger partial charge in [-0.2, -0.15) is 0 Å². The molecule has 1 atom stereocenters. The molecule has 1 aliphatic rings. The second-order valence-electron chi connectivity index (χ2n) is 5.79. The molecule has 0 aliphatic carbocycles. The molecule has 0 saturated carbocycles. The Balaban J connectivity index is 2.19. The number of nitrogens with zero attached hydrogens (tertiary/aromatic N) is 1. The molecule has 1 amide bonds. The van der Waals surface area contributed by atoms with Crippen molar-refractivity contribution in [1.82, 2.24) is 4.90 Å². The maximum Gasteiger partial charge on any atom is 0.326 e. The van der Waals surface area contributed by atoms with Gasteiger partial charge in [0.2, 0.25) is 0 Å². The molecule has 6 nitrogen and oxygen atoms in total. The highest BCUT2D eigenvalue weighted by atomic mass is 16.5. The summed E-state index contributed by atoms with van der Waals surface area (Å²) in [5.41, 5.74) is 0.425. The number of carbonyl (C=O) groups is 2. The number of rotatable bonds is 8. The van der Waals surface area contributed by atoms with Gasteiger partial charge in [0.05, 0.1) is 13.2 Å². The normalized spacial score (nSPS) is 16.9. The van der Waals surface area contributed by atoms with E-state index in [9.17, 15) is 14.7 Å². The second kappa shape index (κ2) is 8.57. The number of amides is 1. The Kier molecular flexibility index (Phi) is 6.46. The number of likely N-dealkylation sites (tertiary alicyclic amines) is 1. The number of ether oxygens (including phenoxy) is 2. The van der Waals surface area contributed by atoms with E-state index < -0.39 is 12.0 Å². The van der Waals surface area contributed by atoms with Crippen molar-refractivity contribution < 1.29 is 24.2 Å². The van der Waals surface area contributed by atoms with E-state index in [1.165, 1.54) is 4.90 Å². The van der Waals surface area contributed by atoms with E-state index in [0.29, 0.717) is 49.7 Å². The molecule has 0 bridgehead atoms. The number of carboxylic acids is 1. The van der Waals surface area contributed by atoms with Crippen LogP contribution in [-0.4, -0.2) is 47.7 Å². The van der Waals surface area contributed by atoms with Gasteiger partial charge in [0.25, 0.3) is 5.91 Å². The molecule has 0 unspecified atom stereocenters. The summed E-state index contributed by atoms with van der Waals surface area (Å²) < 4.78 is 11.3. The fourth-order valence-electron chi connectivity index (χ4n) is 2.79. The smallest absolute Gasteiger partial charge is 0.326 e. The maximum atomic E-state index is 12.7. The van der Waals surface area contributed by atoms with E-state index in [-0.39, 0.29) is 5.91 Å². The number of aliphatic carboxylic acids is 1. The Morgan fingerprint density at radius 3 is 2.71 bits per heavy atom. The van der Waals surface area contributed by atoms with Crippen molar-refractivity contribution in [2.24, 2.45) is 0 Å². The van der Waals surface area contributed by atoms with Crippen LogP contribution in [0.3, 0.4) is 0 Å². The van der Waals surface area contributed by atoms with Gasteiger partial charge in [-0.25, -0.2) is 4.79 Å². The summed E-state index contributed by atoms with van der Waals surface area (Å²) in [6.45, 7) is 5.48. The van der Waals surface area contributed by atoms with Crippen LogP contribution in [0.15, 0.2) is 18.2 Å². The van der Waals surface area contributed by atoms with E-state index >= 15 is 0 Å². The molecule has 2 rings (SSSR count). The van der Waals surface area contributed by atoms with Crippen LogP contribution in [-0.2, 0) is 4.79 Å². The third-order valence-electron chi connectivity index (χ3n) is 4.04. The van der Waals surface area contributed by atoms with Crippen LogP contribution in [0.25, 0.3) is 0 Å². The summed E-state index contributed by atoms with van der Waals surface area (Å²) in [6.07, 6.45) is 3.18. The van der Waals surface area contributed by atoms with Crippen molar-refractivity contribution in [2.45, 2.75) is 45.6 Å². The van der Waals surface area contributed by atoms with Crippen molar-refractivity contribution in [1.29, 1.82) is 0 Å². The summed E-state index contributed by atoms with van der Waals surface area (Å²) in [4.78, 5) is 25.4. The molecule has 0 spiro atoms. The summed E-state index contributed by atoms with van der Waals surface area (Å²) in [5, 5.41) is 9.24. The molecular formula is C18H25NO5. The van der Waals surface area contributed by atoms with Gasteiger partial charge in [-0.15, -0.1) is 0 Å². The summed E-state index contributed by atoms with van der Waals surface area (Å²) in [6, 6.07) is 4.29. The Hall–Kier alpha value is -2.24. The van der Waals surface area contributed by atoms with E-state index in [2.05, 4.69) is 6.92 Å². The van der Waals surface area contributed by atoms with Crippen molar-refractivity contribution >= 4 is 11.9 Å². The van der Waals surface area contributed by atoms with Crippen LogP contribution in [0.4, 0.5) is 0 Å². The SMILES string of the molecule is CCCCOc1ccc(C(=O)N2CCC[C@H]2C(=O)O)cc1OCC. The molecule has 1 fully saturated rings. The fraction of sp³-hybridized carbons (Fsp3) is 0.556. The lowest BCUT2D eigenvalue weighted by atomic mass is 10.1. The van der Waals surface area contributed by atoms with Crippen LogP contribution < -0.4 is 9.47 Å². The van der Waals surface area contributed by atoms with Gasteiger partial charge < -0.3 is 19.5 Å². The minimum Gasteiger partial charge on any atom is -0.490 e. The Morgan fingerprint density at radius 2 is 2.04 bits per heavy atom. The van der Waals surface area contributed by atoms with Gasteiger partial charge in [0.1, 0.15) is 6.04 Å². The van der Waals surface area contributed by atoms with E-state index in [0.717, 1.165) is 12.8 Å².